The predicted molar refractivity (Wildman–Crippen MR) is 157 cm³/mol. The minimum absolute atomic E-state index is 0.0125. The summed E-state index contributed by atoms with van der Waals surface area (Å²) in [5.74, 6) is 1.89. The van der Waals surface area contributed by atoms with Crippen molar-refractivity contribution in [2.45, 2.75) is 45.9 Å². The molecule has 0 radical (unpaired) electrons. The number of carbonyl (C=O) groups excluding carboxylic acids is 2. The lowest BCUT2D eigenvalue weighted by atomic mass is 10.0. The number of nitrogens with zero attached hydrogens (tertiary/aromatic N) is 3. The van der Waals surface area contributed by atoms with Gasteiger partial charge >= 0.3 is 0 Å². The molecule has 1 aliphatic heterocycles. The van der Waals surface area contributed by atoms with Crippen molar-refractivity contribution in [1.29, 1.82) is 0 Å². The molecule has 2 aromatic carbocycles. The Balaban J connectivity index is 1.30. The van der Waals surface area contributed by atoms with Gasteiger partial charge in [-0.05, 0) is 42.8 Å². The zero-order chi connectivity index (χ0) is 28.8. The van der Waals surface area contributed by atoms with Crippen molar-refractivity contribution in [3.05, 3.63) is 103 Å². The van der Waals surface area contributed by atoms with Crippen LogP contribution in [0.1, 0.15) is 31.9 Å². The summed E-state index contributed by atoms with van der Waals surface area (Å²) in [7, 11) is 0. The van der Waals surface area contributed by atoms with E-state index in [0.717, 1.165) is 28.2 Å². The lowest BCUT2D eigenvalue weighted by molar-refractivity contribution is -0.150. The second kappa shape index (κ2) is 12.8. The summed E-state index contributed by atoms with van der Waals surface area (Å²) in [5, 5.41) is 3.08. The number of hydrogen-bond donors (Lipinski definition) is 1. The fraction of sp³-hybridized carbons (Fsp3) is 0.303. The lowest BCUT2D eigenvalue weighted by Gasteiger charge is -2.45. The molecule has 3 heterocycles. The Kier molecular flexibility index (Phi) is 8.79. The molecule has 0 saturated carbocycles. The third-order valence-corrected chi connectivity index (χ3v) is 7.29. The SMILES string of the molecule is CC(C)C(=O)N1[C@H](C)CN(Cc2ccccc2Oc2ccncc2)C[C@@H]1C(=O)NCc1ccc(-c2ccco2)cc1. The summed E-state index contributed by atoms with van der Waals surface area (Å²) < 4.78 is 11.6. The highest BCUT2D eigenvalue weighted by Gasteiger charge is 2.40. The number of furan rings is 1. The maximum Gasteiger partial charge on any atom is 0.244 e. The first kappa shape index (κ1) is 28.1. The molecule has 0 aliphatic carbocycles. The average Bonchev–Trinajstić information content (AvgIpc) is 3.52. The van der Waals surface area contributed by atoms with E-state index in [1.165, 1.54) is 0 Å². The molecule has 2 amide bonds. The first-order valence-electron chi connectivity index (χ1n) is 14.0. The Morgan fingerprint density at radius 1 is 1.00 bits per heavy atom. The normalized spacial score (nSPS) is 17.4. The first-order chi connectivity index (χ1) is 19.9. The number of benzene rings is 2. The molecular formula is C33H36N4O4. The standard InChI is InChI=1S/C33H36N4O4/c1-23(2)33(39)37-24(3)20-36(21-27-7-4-5-8-31(27)41-28-14-16-34-17-15-28)22-29(37)32(38)35-19-25-10-12-26(13-11-25)30-9-6-18-40-30/h4-18,23-24,29H,19-22H2,1-3H3,(H,35,38)/t24-,29-/m1/s1. The smallest absolute Gasteiger partial charge is 0.244 e. The Bertz CT molecular complexity index is 1440. The molecule has 0 unspecified atom stereocenters. The largest absolute Gasteiger partial charge is 0.464 e. The Labute approximate surface area is 240 Å². The molecule has 212 valence electrons. The fourth-order valence-corrected chi connectivity index (χ4v) is 5.23. The van der Waals surface area contributed by atoms with Crippen LogP contribution >= 0.6 is 0 Å². The molecule has 8 nitrogen and oxygen atoms in total. The van der Waals surface area contributed by atoms with Crippen LogP contribution in [0.4, 0.5) is 0 Å². The zero-order valence-corrected chi connectivity index (χ0v) is 23.7. The van der Waals surface area contributed by atoms with Gasteiger partial charge in [0.05, 0.1) is 6.26 Å². The van der Waals surface area contributed by atoms with Gasteiger partial charge in [-0.3, -0.25) is 19.5 Å². The van der Waals surface area contributed by atoms with Crippen molar-refractivity contribution in [2.75, 3.05) is 13.1 Å². The summed E-state index contributed by atoms with van der Waals surface area (Å²) in [6, 6.07) is 22.5. The number of carbonyl (C=O) groups is 2. The second-order valence-electron chi connectivity index (χ2n) is 10.7. The van der Waals surface area contributed by atoms with E-state index >= 15 is 0 Å². The van der Waals surface area contributed by atoms with E-state index < -0.39 is 6.04 Å². The fourth-order valence-electron chi connectivity index (χ4n) is 5.23. The summed E-state index contributed by atoms with van der Waals surface area (Å²) in [6.45, 7) is 7.81. The molecule has 2 aromatic heterocycles. The van der Waals surface area contributed by atoms with Gasteiger partial charge in [-0.1, -0.05) is 56.3 Å². The van der Waals surface area contributed by atoms with Crippen molar-refractivity contribution in [1.82, 2.24) is 20.1 Å². The number of piperazine rings is 1. The minimum Gasteiger partial charge on any atom is -0.464 e. The molecule has 2 atom stereocenters. The third kappa shape index (κ3) is 6.84. The van der Waals surface area contributed by atoms with Crippen LogP contribution in [0.5, 0.6) is 11.5 Å². The highest BCUT2D eigenvalue weighted by Crippen LogP contribution is 2.28. The quantitative estimate of drug-likeness (QED) is 0.295. The van der Waals surface area contributed by atoms with E-state index in [9.17, 15) is 9.59 Å². The molecule has 4 aromatic rings. The summed E-state index contributed by atoms with van der Waals surface area (Å²) in [6.07, 6.45) is 5.04. The van der Waals surface area contributed by atoms with Gasteiger partial charge in [0.25, 0.3) is 0 Å². The lowest BCUT2D eigenvalue weighted by Crippen LogP contribution is -2.64. The third-order valence-electron chi connectivity index (χ3n) is 7.29. The summed E-state index contributed by atoms with van der Waals surface area (Å²) in [4.78, 5) is 35.0. The van der Waals surface area contributed by atoms with Gasteiger partial charge in [0.15, 0.2) is 0 Å². The van der Waals surface area contributed by atoms with E-state index in [4.69, 9.17) is 9.15 Å². The van der Waals surface area contributed by atoms with Crippen LogP contribution in [0, 0.1) is 5.92 Å². The zero-order valence-electron chi connectivity index (χ0n) is 23.7. The van der Waals surface area contributed by atoms with Gasteiger partial charge < -0.3 is 19.4 Å². The number of para-hydroxylation sites is 1. The molecule has 1 saturated heterocycles. The Hall–Kier alpha value is -4.43. The van der Waals surface area contributed by atoms with Crippen LogP contribution in [0.25, 0.3) is 11.3 Å². The van der Waals surface area contributed by atoms with Crippen molar-refractivity contribution < 1.29 is 18.7 Å². The number of nitrogens with one attached hydrogen (secondary N) is 1. The van der Waals surface area contributed by atoms with Crippen LogP contribution in [-0.4, -0.2) is 51.8 Å². The van der Waals surface area contributed by atoms with E-state index in [1.807, 2.05) is 93.6 Å². The van der Waals surface area contributed by atoms with E-state index in [2.05, 4.69) is 15.2 Å². The second-order valence-corrected chi connectivity index (χ2v) is 10.7. The topological polar surface area (TPSA) is 87.9 Å². The number of rotatable bonds is 9. The molecule has 5 rings (SSSR count). The number of hydrogen-bond acceptors (Lipinski definition) is 6. The van der Waals surface area contributed by atoms with Gasteiger partial charge in [0.2, 0.25) is 11.8 Å². The monoisotopic (exact) mass is 552 g/mol. The highest BCUT2D eigenvalue weighted by atomic mass is 16.5. The van der Waals surface area contributed by atoms with Crippen molar-refractivity contribution in [3.63, 3.8) is 0 Å². The van der Waals surface area contributed by atoms with Crippen molar-refractivity contribution in [3.8, 4) is 22.8 Å². The molecule has 0 spiro atoms. The van der Waals surface area contributed by atoms with Crippen LogP contribution in [0.3, 0.4) is 0 Å². The maximum atomic E-state index is 13.6. The molecule has 41 heavy (non-hydrogen) atoms. The van der Waals surface area contributed by atoms with Crippen LogP contribution in [0.15, 0.2) is 95.9 Å². The molecule has 1 fully saturated rings. The molecular weight excluding hydrogens is 516 g/mol. The van der Waals surface area contributed by atoms with Gasteiger partial charge in [0.1, 0.15) is 23.3 Å². The van der Waals surface area contributed by atoms with Crippen molar-refractivity contribution >= 4 is 11.8 Å². The molecule has 0 bridgehead atoms. The molecule has 1 aliphatic rings. The Morgan fingerprint density at radius 2 is 1.76 bits per heavy atom. The molecule has 1 N–H and O–H groups in total. The maximum absolute atomic E-state index is 13.6. The number of ether oxygens (including phenoxy) is 1. The van der Waals surface area contributed by atoms with E-state index in [1.54, 1.807) is 23.6 Å². The van der Waals surface area contributed by atoms with Gasteiger partial charge in [-0.15, -0.1) is 0 Å². The van der Waals surface area contributed by atoms with Crippen molar-refractivity contribution in [2.24, 2.45) is 5.92 Å². The summed E-state index contributed by atoms with van der Waals surface area (Å²) in [5.41, 5.74) is 2.96. The number of aromatic nitrogens is 1. The number of amides is 2. The van der Waals surface area contributed by atoms with Crippen LogP contribution in [0.2, 0.25) is 0 Å². The summed E-state index contributed by atoms with van der Waals surface area (Å²) >= 11 is 0. The van der Waals surface area contributed by atoms with Crippen LogP contribution in [-0.2, 0) is 22.7 Å². The number of pyridine rings is 1. The van der Waals surface area contributed by atoms with E-state index in [0.29, 0.717) is 31.9 Å². The van der Waals surface area contributed by atoms with Crippen LogP contribution < -0.4 is 10.1 Å². The minimum atomic E-state index is -0.607. The Morgan fingerprint density at radius 3 is 2.46 bits per heavy atom. The van der Waals surface area contributed by atoms with Gasteiger partial charge in [-0.2, -0.15) is 0 Å². The van der Waals surface area contributed by atoms with E-state index in [-0.39, 0.29) is 23.8 Å². The average molecular weight is 553 g/mol. The van der Waals surface area contributed by atoms with Gasteiger partial charge in [-0.25, -0.2) is 0 Å². The highest BCUT2D eigenvalue weighted by molar-refractivity contribution is 5.89. The van der Waals surface area contributed by atoms with Gasteiger partial charge in [0, 0.05) is 61.7 Å². The predicted octanol–water partition coefficient (Wildman–Crippen LogP) is 5.51. The first-order valence-corrected chi connectivity index (χ1v) is 14.0. The molecule has 8 heteroatoms.